The molecule has 2 fully saturated rings. The Balaban J connectivity index is 1.65. The van der Waals surface area contributed by atoms with Gasteiger partial charge in [0.15, 0.2) is 0 Å². The number of carbonyl (C=O) groups excluding carboxylic acids is 1. The van der Waals surface area contributed by atoms with Crippen molar-refractivity contribution in [3.05, 3.63) is 34.3 Å². The average Bonchev–Trinajstić information content (AvgIpc) is 3.12. The predicted octanol–water partition coefficient (Wildman–Crippen LogP) is 2.65. The Morgan fingerprint density at radius 1 is 1.40 bits per heavy atom. The van der Waals surface area contributed by atoms with Gasteiger partial charge in [-0.15, -0.1) is 11.8 Å². The van der Waals surface area contributed by atoms with Gasteiger partial charge in [0, 0.05) is 28.7 Å². The Labute approximate surface area is 132 Å². The molecule has 108 valence electrons. The lowest BCUT2D eigenvalue weighted by molar-refractivity contribution is -0.133. The maximum Gasteiger partial charge on any atom is 0.240 e. The first-order valence-electron chi connectivity index (χ1n) is 7.10. The van der Waals surface area contributed by atoms with Crippen LogP contribution in [0.5, 0.6) is 0 Å². The number of thioether (sulfide) groups is 1. The fraction of sp³-hybridized carbons (Fsp3) is 0.533. The van der Waals surface area contributed by atoms with E-state index in [1.54, 1.807) is 0 Å². The fourth-order valence-corrected chi connectivity index (χ4v) is 4.18. The van der Waals surface area contributed by atoms with Gasteiger partial charge in [-0.05, 0) is 37.0 Å². The summed E-state index contributed by atoms with van der Waals surface area (Å²) in [6.45, 7) is 0.920. The summed E-state index contributed by atoms with van der Waals surface area (Å²) < 4.78 is 1.10. The van der Waals surface area contributed by atoms with Crippen LogP contribution in [0.3, 0.4) is 0 Å². The second kappa shape index (κ2) is 6.50. The first kappa shape index (κ1) is 14.4. The van der Waals surface area contributed by atoms with E-state index in [0.29, 0.717) is 11.9 Å². The zero-order valence-corrected chi connectivity index (χ0v) is 13.8. The van der Waals surface area contributed by atoms with E-state index in [-0.39, 0.29) is 6.04 Å². The van der Waals surface area contributed by atoms with Gasteiger partial charge in [-0.1, -0.05) is 28.1 Å². The number of likely N-dealkylation sites (tertiary alicyclic amines) is 1. The van der Waals surface area contributed by atoms with Gasteiger partial charge in [0.2, 0.25) is 5.91 Å². The summed E-state index contributed by atoms with van der Waals surface area (Å²) in [7, 11) is 0. The number of nitrogens with zero attached hydrogens (tertiary/aromatic N) is 1. The lowest BCUT2D eigenvalue weighted by Gasteiger charge is -2.27. The molecule has 2 heterocycles. The number of rotatable bonds is 3. The SMILES string of the molecule is O=C(C1CSCN1)N1CCCC1Cc1ccc(Br)cc1. The van der Waals surface area contributed by atoms with E-state index >= 15 is 0 Å². The number of benzene rings is 1. The van der Waals surface area contributed by atoms with Gasteiger partial charge in [0.05, 0.1) is 6.04 Å². The molecule has 0 aliphatic carbocycles. The van der Waals surface area contributed by atoms with Crippen LogP contribution in [-0.4, -0.2) is 41.1 Å². The molecule has 0 saturated carbocycles. The maximum absolute atomic E-state index is 12.5. The van der Waals surface area contributed by atoms with E-state index in [1.807, 2.05) is 11.8 Å². The van der Waals surface area contributed by atoms with Crippen LogP contribution in [0.1, 0.15) is 18.4 Å². The van der Waals surface area contributed by atoms with Gasteiger partial charge < -0.3 is 4.90 Å². The van der Waals surface area contributed by atoms with E-state index in [2.05, 4.69) is 50.4 Å². The largest absolute Gasteiger partial charge is 0.338 e. The fourth-order valence-electron chi connectivity index (χ4n) is 2.98. The minimum Gasteiger partial charge on any atom is -0.338 e. The molecule has 1 N–H and O–H groups in total. The highest BCUT2D eigenvalue weighted by atomic mass is 79.9. The van der Waals surface area contributed by atoms with Crippen LogP contribution in [-0.2, 0) is 11.2 Å². The topological polar surface area (TPSA) is 32.3 Å². The standard InChI is InChI=1S/C15H19BrN2OS/c16-12-5-3-11(4-6-12)8-13-2-1-7-18(13)15(19)14-9-20-10-17-14/h3-6,13-14,17H,1-2,7-10H2. The Morgan fingerprint density at radius 3 is 2.90 bits per heavy atom. The molecule has 1 aromatic carbocycles. The van der Waals surface area contributed by atoms with Crippen LogP contribution in [0.2, 0.25) is 0 Å². The maximum atomic E-state index is 12.5. The molecule has 5 heteroatoms. The number of carbonyl (C=O) groups is 1. The van der Waals surface area contributed by atoms with Crippen LogP contribution in [0.4, 0.5) is 0 Å². The lowest BCUT2D eigenvalue weighted by atomic mass is 10.0. The number of hydrogen-bond acceptors (Lipinski definition) is 3. The zero-order chi connectivity index (χ0) is 13.9. The summed E-state index contributed by atoms with van der Waals surface area (Å²) in [5.74, 6) is 2.12. The molecule has 1 amide bonds. The third-order valence-corrected chi connectivity index (χ3v) is 5.53. The van der Waals surface area contributed by atoms with Gasteiger partial charge in [-0.3, -0.25) is 10.1 Å². The smallest absolute Gasteiger partial charge is 0.240 e. The first-order chi connectivity index (χ1) is 9.74. The van der Waals surface area contributed by atoms with Gasteiger partial charge >= 0.3 is 0 Å². The molecule has 0 aromatic heterocycles. The van der Waals surface area contributed by atoms with Gasteiger partial charge in [0.1, 0.15) is 0 Å². The lowest BCUT2D eigenvalue weighted by Crippen LogP contribution is -2.47. The molecule has 2 atom stereocenters. The van der Waals surface area contributed by atoms with Crippen LogP contribution in [0, 0.1) is 0 Å². The molecule has 2 aliphatic heterocycles. The Hall–Kier alpha value is -0.520. The molecule has 3 rings (SSSR count). The van der Waals surface area contributed by atoms with Crippen molar-refractivity contribution in [3.8, 4) is 0 Å². The van der Waals surface area contributed by atoms with E-state index in [1.165, 1.54) is 5.56 Å². The van der Waals surface area contributed by atoms with Crippen molar-refractivity contribution in [1.29, 1.82) is 0 Å². The first-order valence-corrected chi connectivity index (χ1v) is 9.05. The van der Waals surface area contributed by atoms with E-state index in [9.17, 15) is 4.79 Å². The summed E-state index contributed by atoms with van der Waals surface area (Å²) in [5.41, 5.74) is 1.31. The van der Waals surface area contributed by atoms with E-state index in [0.717, 1.165) is 41.9 Å². The van der Waals surface area contributed by atoms with Crippen molar-refractivity contribution in [2.24, 2.45) is 0 Å². The van der Waals surface area contributed by atoms with Crippen molar-refractivity contribution in [3.63, 3.8) is 0 Å². The molecule has 2 saturated heterocycles. The van der Waals surface area contributed by atoms with Crippen molar-refractivity contribution >= 4 is 33.6 Å². The van der Waals surface area contributed by atoms with Crippen molar-refractivity contribution in [2.45, 2.75) is 31.3 Å². The van der Waals surface area contributed by atoms with Crippen LogP contribution in [0.15, 0.2) is 28.7 Å². The summed E-state index contributed by atoms with van der Waals surface area (Å²) >= 11 is 5.28. The molecule has 0 radical (unpaired) electrons. The molecule has 3 nitrogen and oxygen atoms in total. The Morgan fingerprint density at radius 2 is 2.20 bits per heavy atom. The molecular weight excluding hydrogens is 336 g/mol. The minimum absolute atomic E-state index is 0.0329. The van der Waals surface area contributed by atoms with Crippen LogP contribution >= 0.6 is 27.7 Å². The summed E-state index contributed by atoms with van der Waals surface area (Å²) in [6, 6.07) is 8.85. The Bertz CT molecular complexity index is 473. The van der Waals surface area contributed by atoms with Gasteiger partial charge in [0.25, 0.3) is 0 Å². The molecular formula is C15H19BrN2OS. The van der Waals surface area contributed by atoms with Crippen molar-refractivity contribution in [2.75, 3.05) is 18.2 Å². The molecule has 2 aliphatic rings. The summed E-state index contributed by atoms with van der Waals surface area (Å²) in [4.78, 5) is 14.6. The quantitative estimate of drug-likeness (QED) is 0.905. The van der Waals surface area contributed by atoms with Crippen LogP contribution in [0.25, 0.3) is 0 Å². The highest BCUT2D eigenvalue weighted by Gasteiger charge is 2.34. The molecule has 0 spiro atoms. The van der Waals surface area contributed by atoms with Gasteiger partial charge in [-0.25, -0.2) is 0 Å². The van der Waals surface area contributed by atoms with Crippen LogP contribution < -0.4 is 5.32 Å². The van der Waals surface area contributed by atoms with Crippen molar-refractivity contribution in [1.82, 2.24) is 10.2 Å². The number of nitrogens with one attached hydrogen (secondary N) is 1. The third kappa shape index (κ3) is 3.21. The summed E-state index contributed by atoms with van der Waals surface area (Å²) in [6.07, 6.45) is 3.23. The normalized spacial score (nSPS) is 26.1. The minimum atomic E-state index is 0.0329. The van der Waals surface area contributed by atoms with E-state index in [4.69, 9.17) is 0 Å². The third-order valence-electron chi connectivity index (χ3n) is 4.06. The number of amides is 1. The molecule has 20 heavy (non-hydrogen) atoms. The second-order valence-corrected chi connectivity index (χ2v) is 7.38. The zero-order valence-electron chi connectivity index (χ0n) is 11.3. The predicted molar refractivity (Wildman–Crippen MR) is 86.8 cm³/mol. The number of hydrogen-bond donors (Lipinski definition) is 1. The Kier molecular flexibility index (Phi) is 4.68. The second-order valence-electron chi connectivity index (χ2n) is 5.43. The molecule has 0 bridgehead atoms. The van der Waals surface area contributed by atoms with Crippen molar-refractivity contribution < 1.29 is 4.79 Å². The average molecular weight is 355 g/mol. The molecule has 1 aromatic rings. The van der Waals surface area contributed by atoms with Gasteiger partial charge in [-0.2, -0.15) is 0 Å². The summed E-state index contributed by atoms with van der Waals surface area (Å²) in [5, 5.41) is 3.29. The molecule has 2 unspecified atom stereocenters. The highest BCUT2D eigenvalue weighted by molar-refractivity contribution is 9.10. The number of halogens is 1. The highest BCUT2D eigenvalue weighted by Crippen LogP contribution is 2.24. The monoisotopic (exact) mass is 354 g/mol. The van der Waals surface area contributed by atoms with E-state index < -0.39 is 0 Å².